The Morgan fingerprint density at radius 2 is 1.78 bits per heavy atom. The minimum atomic E-state index is -3.12. The average Bonchev–Trinajstić information content (AvgIpc) is 1.33. The van der Waals surface area contributed by atoms with Crippen molar-refractivity contribution in [1.82, 2.24) is 0 Å². The Bertz CT molecular complexity index is 49.8. The molecule has 1 atom stereocenters. The Hall–Kier alpha value is 1.33. The third-order valence-corrected chi connectivity index (χ3v) is 0. The predicted octanol–water partition coefficient (Wildman–Crippen LogP) is -4.16. The second-order valence-electron chi connectivity index (χ2n) is 0.591. The molecule has 0 saturated carbocycles. The van der Waals surface area contributed by atoms with Crippen molar-refractivity contribution < 1.29 is 49.4 Å². The minimum absolute atomic E-state index is 0. The Balaban J connectivity index is -0.0000000233. The third kappa shape index (κ3) is 283. The molecule has 0 amide bonds. The quantitative estimate of drug-likeness (QED) is 0.234. The first-order chi connectivity index (χ1) is 3.15. The largest absolute Gasteiger partial charge is 1.00 e. The summed E-state index contributed by atoms with van der Waals surface area (Å²) in [4.78, 5) is 15.6. The van der Waals surface area contributed by atoms with E-state index in [9.17, 15) is 0 Å². The SMILES string of the molecule is CC[SH2+].O=[P+]([O-])O.[Na+].[OH-]. The summed E-state index contributed by atoms with van der Waals surface area (Å²) in [6.07, 6.45) is 0. The molecule has 9 heavy (non-hydrogen) atoms. The molecular weight excluding hydrogens is 174 g/mol. The molecule has 0 aliphatic carbocycles. The van der Waals surface area contributed by atoms with E-state index in [1.165, 1.54) is 0 Å². The standard InChI is InChI=1S/C2H6S.Na.HO3P.H2O/c1-2-3;;1-4(2)3;/h3H,2H2,1H3;;(H,1,2,3);1H2/q;+1;;. The fraction of sp³-hybridized carbons (Fsp3) is 1.00. The van der Waals surface area contributed by atoms with Gasteiger partial charge in [0.15, 0.2) is 0 Å². The van der Waals surface area contributed by atoms with Gasteiger partial charge in [0, 0.05) is 0 Å². The maximum absolute atomic E-state index is 8.59. The number of rotatable bonds is 0. The normalized spacial score (nSPS) is 6.89. The van der Waals surface area contributed by atoms with Crippen LogP contribution in [0.5, 0.6) is 0 Å². The van der Waals surface area contributed by atoms with Gasteiger partial charge in [-0.1, -0.05) is 0 Å². The van der Waals surface area contributed by atoms with Gasteiger partial charge in [-0.2, -0.15) is 4.89 Å². The van der Waals surface area contributed by atoms with Crippen LogP contribution < -0.4 is 34.5 Å². The second-order valence-corrected chi connectivity index (χ2v) is 1.77. The summed E-state index contributed by atoms with van der Waals surface area (Å²) in [5.74, 6) is 1.06. The van der Waals surface area contributed by atoms with Gasteiger partial charge in [0.05, 0.1) is 0 Å². The van der Waals surface area contributed by atoms with E-state index in [1.807, 2.05) is 6.92 Å². The summed E-state index contributed by atoms with van der Waals surface area (Å²) in [5, 5.41) is 0. The van der Waals surface area contributed by atoms with E-state index < -0.39 is 8.25 Å². The van der Waals surface area contributed by atoms with E-state index in [0.29, 0.717) is 0 Å². The Morgan fingerprint density at radius 3 is 1.78 bits per heavy atom. The maximum atomic E-state index is 8.59. The van der Waals surface area contributed by atoms with Gasteiger partial charge < -0.3 is 10.4 Å². The molecule has 0 aromatic heterocycles. The Labute approximate surface area is 82.6 Å². The van der Waals surface area contributed by atoms with Gasteiger partial charge in [-0.3, -0.25) is 0 Å². The van der Waals surface area contributed by atoms with E-state index in [0.717, 1.165) is 5.75 Å². The van der Waals surface area contributed by atoms with Crippen LogP contribution in [0.25, 0.3) is 0 Å². The topological polar surface area (TPSA) is 90.4 Å². The third-order valence-electron chi connectivity index (χ3n) is 0. The summed E-state index contributed by atoms with van der Waals surface area (Å²) in [6, 6.07) is 0. The minimum Gasteiger partial charge on any atom is -0.870 e. The summed E-state index contributed by atoms with van der Waals surface area (Å²) >= 11 is 3.18. The van der Waals surface area contributed by atoms with Crippen molar-refractivity contribution >= 4 is 20.9 Å². The fourth-order valence-electron chi connectivity index (χ4n) is 0. The number of hydrogen-bond acceptors (Lipinski definition) is 3. The van der Waals surface area contributed by atoms with E-state index in [1.54, 1.807) is 0 Å². The summed E-state index contributed by atoms with van der Waals surface area (Å²) in [6.45, 7) is 2.04. The van der Waals surface area contributed by atoms with Crippen molar-refractivity contribution in [2.45, 2.75) is 6.92 Å². The maximum Gasteiger partial charge on any atom is 1.00 e. The molecule has 0 saturated heterocycles. The van der Waals surface area contributed by atoms with E-state index in [4.69, 9.17) is 14.4 Å². The van der Waals surface area contributed by atoms with Gasteiger partial charge in [-0.25, -0.2) is 0 Å². The molecule has 0 rings (SSSR count). The van der Waals surface area contributed by atoms with E-state index in [2.05, 4.69) is 12.6 Å². The molecule has 0 fully saturated rings. The van der Waals surface area contributed by atoms with Gasteiger partial charge in [-0.05, 0) is 24.1 Å². The predicted molar refractivity (Wildman–Crippen MR) is 32.5 cm³/mol. The molecule has 2 N–H and O–H groups in total. The molecule has 7 heteroatoms. The molecular formula is C2H9NaO4PS+. The molecule has 4 nitrogen and oxygen atoms in total. The Morgan fingerprint density at radius 1 is 1.78 bits per heavy atom. The molecule has 0 aliphatic heterocycles. The zero-order valence-electron chi connectivity index (χ0n) is 5.37. The molecule has 1 unspecified atom stereocenters. The monoisotopic (exact) mass is 183 g/mol. The molecule has 0 spiro atoms. The zero-order valence-corrected chi connectivity index (χ0v) is 9.26. The smallest absolute Gasteiger partial charge is 0.870 e. The number of hydrogen-bond donors (Lipinski definition) is 1. The van der Waals surface area contributed by atoms with Crippen LogP contribution in [0.4, 0.5) is 0 Å². The second kappa shape index (κ2) is 22.8. The van der Waals surface area contributed by atoms with Crippen molar-refractivity contribution in [3.05, 3.63) is 0 Å². The van der Waals surface area contributed by atoms with Crippen molar-refractivity contribution in [2.24, 2.45) is 0 Å². The van der Waals surface area contributed by atoms with Crippen LogP contribution in [0.1, 0.15) is 6.92 Å². The van der Waals surface area contributed by atoms with Gasteiger partial charge >= 0.3 is 37.8 Å². The fourth-order valence-corrected chi connectivity index (χ4v) is 0. The van der Waals surface area contributed by atoms with Crippen molar-refractivity contribution in [2.75, 3.05) is 5.75 Å². The molecule has 0 bridgehead atoms. The van der Waals surface area contributed by atoms with Gasteiger partial charge in [-0.15, -0.1) is 0 Å². The summed E-state index contributed by atoms with van der Waals surface area (Å²) in [5.41, 5.74) is 0. The summed E-state index contributed by atoms with van der Waals surface area (Å²) < 4.78 is 8.59. The van der Waals surface area contributed by atoms with Crippen molar-refractivity contribution in [3.8, 4) is 0 Å². The average molecular weight is 183 g/mol. The van der Waals surface area contributed by atoms with Crippen LogP contribution in [-0.2, 0) is 17.2 Å². The van der Waals surface area contributed by atoms with Crippen molar-refractivity contribution in [1.29, 1.82) is 0 Å². The first kappa shape index (κ1) is 22.4. The van der Waals surface area contributed by atoms with Crippen LogP contribution in [0.3, 0.4) is 0 Å². The Kier molecular flexibility index (Phi) is 56.8. The molecule has 0 aliphatic rings. The van der Waals surface area contributed by atoms with Gasteiger partial charge in [0.2, 0.25) is 0 Å². The van der Waals surface area contributed by atoms with E-state index in [-0.39, 0.29) is 35.0 Å². The van der Waals surface area contributed by atoms with E-state index >= 15 is 0 Å². The molecule has 0 aromatic rings. The van der Waals surface area contributed by atoms with Gasteiger partial charge in [0.1, 0.15) is 5.75 Å². The van der Waals surface area contributed by atoms with Crippen LogP contribution in [0, 0.1) is 0 Å². The first-order valence-electron chi connectivity index (χ1n) is 1.63. The zero-order chi connectivity index (χ0) is 6.28. The molecule has 0 heterocycles. The van der Waals surface area contributed by atoms with Crippen molar-refractivity contribution in [3.63, 3.8) is 0 Å². The first-order valence-corrected chi connectivity index (χ1v) is 3.46. The molecule has 0 aromatic carbocycles. The van der Waals surface area contributed by atoms with Crippen LogP contribution in [0.15, 0.2) is 0 Å². The molecule has 0 radical (unpaired) electrons. The van der Waals surface area contributed by atoms with Gasteiger partial charge in [0.25, 0.3) is 0 Å². The van der Waals surface area contributed by atoms with Crippen LogP contribution in [0.2, 0.25) is 0 Å². The van der Waals surface area contributed by atoms with Crippen LogP contribution in [-0.4, -0.2) is 16.1 Å². The van der Waals surface area contributed by atoms with Crippen LogP contribution >= 0.6 is 8.25 Å². The molecule has 52 valence electrons. The summed E-state index contributed by atoms with van der Waals surface area (Å²) in [7, 11) is -3.12.